The van der Waals surface area contributed by atoms with E-state index in [9.17, 15) is 4.79 Å². The summed E-state index contributed by atoms with van der Waals surface area (Å²) in [5, 5.41) is 4.25. The summed E-state index contributed by atoms with van der Waals surface area (Å²) in [5.74, 6) is 0.326. The fourth-order valence-corrected chi connectivity index (χ4v) is 2.92. The third-order valence-corrected chi connectivity index (χ3v) is 4.30. The van der Waals surface area contributed by atoms with Crippen molar-refractivity contribution in [2.75, 3.05) is 18.2 Å². The van der Waals surface area contributed by atoms with Gasteiger partial charge in [-0.3, -0.25) is 0 Å². The average molecular weight is 426 g/mol. The first-order chi connectivity index (χ1) is 14.5. The van der Waals surface area contributed by atoms with Gasteiger partial charge in [0, 0.05) is 10.4 Å². The summed E-state index contributed by atoms with van der Waals surface area (Å²) in [6, 6.07) is 13.9. The number of nitrogens with one attached hydrogen (secondary N) is 1. The molecule has 152 valence electrons. The van der Waals surface area contributed by atoms with Gasteiger partial charge in [0.1, 0.15) is 11.3 Å². The van der Waals surface area contributed by atoms with Crippen LogP contribution < -0.4 is 15.8 Å². The second-order valence-electron chi connectivity index (χ2n) is 6.13. The maximum atomic E-state index is 12.3. The number of methoxy groups -OCH3 is 1. The number of aromatic nitrogens is 3. The number of para-hydroxylation sites is 2. The van der Waals surface area contributed by atoms with Gasteiger partial charge in [-0.25, -0.2) is 4.79 Å². The van der Waals surface area contributed by atoms with Crippen LogP contribution in [0.15, 0.2) is 52.9 Å². The van der Waals surface area contributed by atoms with E-state index in [-0.39, 0.29) is 30.1 Å². The molecule has 0 fully saturated rings. The molecule has 0 radical (unpaired) electrons. The first kappa shape index (κ1) is 19.5. The molecule has 0 saturated heterocycles. The summed E-state index contributed by atoms with van der Waals surface area (Å²) in [5.41, 5.74) is 6.94. The predicted octanol–water partition coefficient (Wildman–Crippen LogP) is 3.96. The van der Waals surface area contributed by atoms with E-state index in [0.29, 0.717) is 27.4 Å². The Hall–Kier alpha value is -3.85. The number of nitrogen functional groups attached to an aromatic ring is 1. The summed E-state index contributed by atoms with van der Waals surface area (Å²) in [6.07, 6.45) is 0. The molecule has 9 nitrogen and oxygen atoms in total. The molecule has 0 aliphatic heterocycles. The molecule has 0 spiro atoms. The lowest BCUT2D eigenvalue weighted by atomic mass is 10.2. The van der Waals surface area contributed by atoms with Crippen LogP contribution in [0.1, 0.15) is 16.4 Å². The molecule has 3 N–H and O–H groups in total. The second-order valence-corrected chi connectivity index (χ2v) is 6.56. The zero-order valence-corrected chi connectivity index (χ0v) is 16.5. The number of ether oxygens (including phenoxy) is 2. The molecule has 2 heterocycles. The topological polar surface area (TPSA) is 125 Å². The first-order valence-corrected chi connectivity index (χ1v) is 9.16. The van der Waals surface area contributed by atoms with Crippen molar-refractivity contribution >= 4 is 46.1 Å². The highest BCUT2D eigenvalue weighted by molar-refractivity contribution is 6.31. The molecular weight excluding hydrogens is 410 g/mol. The van der Waals surface area contributed by atoms with E-state index >= 15 is 0 Å². The quantitative estimate of drug-likeness (QED) is 0.441. The number of hydrogen-bond acceptors (Lipinski definition) is 9. The molecule has 0 aliphatic carbocycles. The molecule has 0 unspecified atom stereocenters. The molecular formula is C20H16ClN5O4. The summed E-state index contributed by atoms with van der Waals surface area (Å²) >= 11 is 5.95. The van der Waals surface area contributed by atoms with Gasteiger partial charge in [0.15, 0.2) is 12.4 Å². The highest BCUT2D eigenvalue weighted by atomic mass is 35.5. The number of hydrogen-bond donors (Lipinski definition) is 2. The smallest absolute Gasteiger partial charge is 0.374 e. The van der Waals surface area contributed by atoms with Crippen LogP contribution in [-0.4, -0.2) is 28.0 Å². The summed E-state index contributed by atoms with van der Waals surface area (Å²) in [6.45, 7) is -0.218. The van der Waals surface area contributed by atoms with Crippen LogP contribution in [0.2, 0.25) is 5.02 Å². The third-order valence-electron chi connectivity index (χ3n) is 4.06. The normalized spacial score (nSPS) is 10.7. The monoisotopic (exact) mass is 425 g/mol. The molecule has 4 rings (SSSR count). The Balaban J connectivity index is 1.48. The van der Waals surface area contributed by atoms with Gasteiger partial charge in [-0.1, -0.05) is 23.7 Å². The van der Waals surface area contributed by atoms with Crippen LogP contribution in [0.3, 0.4) is 0 Å². The minimum Gasteiger partial charge on any atom is -0.495 e. The maximum absolute atomic E-state index is 12.3. The van der Waals surface area contributed by atoms with Crippen molar-refractivity contribution < 1.29 is 18.7 Å². The number of benzene rings is 2. The Morgan fingerprint density at radius 2 is 2.00 bits per heavy atom. The summed E-state index contributed by atoms with van der Waals surface area (Å²) < 4.78 is 16.0. The van der Waals surface area contributed by atoms with E-state index in [1.54, 1.807) is 43.5 Å². The molecule has 0 saturated carbocycles. The van der Waals surface area contributed by atoms with Crippen LogP contribution in [0.4, 0.5) is 17.6 Å². The van der Waals surface area contributed by atoms with Gasteiger partial charge >= 0.3 is 5.97 Å². The van der Waals surface area contributed by atoms with Crippen molar-refractivity contribution in [1.82, 2.24) is 15.0 Å². The van der Waals surface area contributed by atoms with Gasteiger partial charge in [0.2, 0.25) is 17.7 Å². The number of carbonyl (C=O) groups is 1. The van der Waals surface area contributed by atoms with E-state index in [1.807, 2.05) is 12.1 Å². The molecule has 30 heavy (non-hydrogen) atoms. The second kappa shape index (κ2) is 8.26. The van der Waals surface area contributed by atoms with E-state index in [2.05, 4.69) is 20.3 Å². The number of carbonyl (C=O) groups excluding carboxylic acids is 1. The average Bonchev–Trinajstić information content (AvgIpc) is 3.15. The molecule has 2 aromatic heterocycles. The van der Waals surface area contributed by atoms with Crippen molar-refractivity contribution in [3.8, 4) is 5.75 Å². The number of rotatable bonds is 6. The third kappa shape index (κ3) is 4.26. The number of nitrogens with zero attached hydrogens (tertiary/aromatic N) is 3. The molecule has 2 aromatic carbocycles. The Kier molecular flexibility index (Phi) is 5.36. The zero-order chi connectivity index (χ0) is 21.1. The number of esters is 1. The number of nitrogens with two attached hydrogens (primary N) is 1. The van der Waals surface area contributed by atoms with Crippen LogP contribution in [0.25, 0.3) is 11.0 Å². The highest BCUT2D eigenvalue weighted by Gasteiger charge is 2.16. The predicted molar refractivity (Wildman–Crippen MR) is 111 cm³/mol. The molecule has 0 bridgehead atoms. The van der Waals surface area contributed by atoms with Crippen LogP contribution in [-0.2, 0) is 11.3 Å². The van der Waals surface area contributed by atoms with Crippen molar-refractivity contribution in [2.45, 2.75) is 6.61 Å². The van der Waals surface area contributed by atoms with Crippen molar-refractivity contribution in [1.29, 1.82) is 0 Å². The van der Waals surface area contributed by atoms with E-state index in [4.69, 9.17) is 31.2 Å². The summed E-state index contributed by atoms with van der Waals surface area (Å²) in [4.78, 5) is 24.6. The van der Waals surface area contributed by atoms with E-state index in [0.717, 1.165) is 0 Å². The number of anilines is 3. The van der Waals surface area contributed by atoms with Gasteiger partial charge in [-0.2, -0.15) is 15.0 Å². The minimum atomic E-state index is -0.666. The fourth-order valence-electron chi connectivity index (χ4n) is 2.74. The van der Waals surface area contributed by atoms with Crippen molar-refractivity contribution in [2.24, 2.45) is 0 Å². The first-order valence-electron chi connectivity index (χ1n) is 8.78. The molecule has 0 atom stereocenters. The Morgan fingerprint density at radius 1 is 1.17 bits per heavy atom. The van der Waals surface area contributed by atoms with Gasteiger partial charge < -0.3 is 24.9 Å². The highest BCUT2D eigenvalue weighted by Crippen LogP contribution is 2.26. The lowest BCUT2D eigenvalue weighted by Gasteiger charge is -2.10. The molecule has 4 aromatic rings. The van der Waals surface area contributed by atoms with Gasteiger partial charge in [-0.05, 0) is 36.4 Å². The standard InChI is InChI=1S/C20H16ClN5O4/c1-28-15-5-3-2-4-13(15)23-20-25-17(24-19(22)26-20)10-29-18(27)16-9-11-8-12(21)6-7-14(11)30-16/h2-9H,10H2,1H3,(H3,22,23,24,25,26). The van der Waals surface area contributed by atoms with Gasteiger partial charge in [-0.15, -0.1) is 0 Å². The maximum Gasteiger partial charge on any atom is 0.374 e. The van der Waals surface area contributed by atoms with E-state index in [1.165, 1.54) is 0 Å². The number of fused-ring (bicyclic) bond motifs is 1. The Labute approximate surface area is 175 Å². The molecule has 0 aliphatic rings. The summed E-state index contributed by atoms with van der Waals surface area (Å²) in [7, 11) is 1.55. The SMILES string of the molecule is COc1ccccc1Nc1nc(N)nc(COC(=O)c2cc3cc(Cl)ccc3o2)n1. The lowest BCUT2D eigenvalue weighted by Crippen LogP contribution is -2.11. The van der Waals surface area contributed by atoms with Crippen molar-refractivity contribution in [3.05, 3.63) is 65.1 Å². The molecule has 0 amide bonds. The van der Waals surface area contributed by atoms with Gasteiger partial charge in [0.05, 0.1) is 12.8 Å². The van der Waals surface area contributed by atoms with E-state index < -0.39 is 5.97 Å². The van der Waals surface area contributed by atoms with Crippen LogP contribution >= 0.6 is 11.6 Å². The van der Waals surface area contributed by atoms with Crippen LogP contribution in [0, 0.1) is 0 Å². The fraction of sp³-hybridized carbons (Fsp3) is 0.100. The Bertz CT molecular complexity index is 1230. The minimum absolute atomic E-state index is 0.0215. The number of halogens is 1. The van der Waals surface area contributed by atoms with Crippen molar-refractivity contribution in [3.63, 3.8) is 0 Å². The Morgan fingerprint density at radius 3 is 2.83 bits per heavy atom. The number of furan rings is 1. The largest absolute Gasteiger partial charge is 0.495 e. The zero-order valence-electron chi connectivity index (χ0n) is 15.8. The molecule has 10 heteroatoms. The van der Waals surface area contributed by atoms with Gasteiger partial charge in [0.25, 0.3) is 0 Å². The van der Waals surface area contributed by atoms with Crippen LogP contribution in [0.5, 0.6) is 5.75 Å². The lowest BCUT2D eigenvalue weighted by molar-refractivity contribution is 0.0428.